The molecule has 0 radical (unpaired) electrons. The Balaban J connectivity index is 1.48. The van der Waals surface area contributed by atoms with Crippen LogP contribution in [0.1, 0.15) is 22.3 Å². The number of carbonyl (C=O) groups excluding carboxylic acids is 2. The smallest absolute Gasteiger partial charge is 0.271 e. The molecule has 2 fully saturated rings. The Morgan fingerprint density at radius 2 is 1.32 bits per heavy atom. The number of fused-ring (bicyclic) bond motifs is 5. The topological polar surface area (TPSA) is 89.8 Å². The molecule has 2 bridgehead atoms. The van der Waals surface area contributed by atoms with Gasteiger partial charge in [-0.1, -0.05) is 71.8 Å². The molecule has 190 valence electrons. The van der Waals surface area contributed by atoms with Gasteiger partial charge in [0, 0.05) is 24.0 Å². The third kappa shape index (κ3) is 3.49. The van der Waals surface area contributed by atoms with Gasteiger partial charge in [-0.15, -0.1) is 0 Å². The van der Waals surface area contributed by atoms with Gasteiger partial charge >= 0.3 is 0 Å². The van der Waals surface area contributed by atoms with Crippen molar-refractivity contribution in [2.45, 2.75) is 13.8 Å². The number of benzene rings is 3. The number of amides is 2. The van der Waals surface area contributed by atoms with Gasteiger partial charge in [0.1, 0.15) is 11.4 Å². The zero-order valence-electron chi connectivity index (χ0n) is 21.3. The number of hydrogen-bond acceptors (Lipinski definition) is 5. The third-order valence-electron chi connectivity index (χ3n) is 8.00. The van der Waals surface area contributed by atoms with Gasteiger partial charge in [-0.2, -0.15) is 0 Å². The molecule has 1 saturated carbocycles. The number of hydrogen-bond donors (Lipinski definition) is 0. The highest BCUT2D eigenvalue weighted by Gasteiger charge is 2.62. The van der Waals surface area contributed by atoms with E-state index in [0.717, 1.165) is 38.3 Å². The molecule has 3 aromatic rings. The van der Waals surface area contributed by atoms with E-state index in [1.807, 2.05) is 26.0 Å². The number of aryl methyl sites for hydroxylation is 2. The summed E-state index contributed by atoms with van der Waals surface area (Å²) in [6, 6.07) is 20.6. The molecule has 7 nitrogen and oxygen atoms in total. The van der Waals surface area contributed by atoms with Gasteiger partial charge in [0.2, 0.25) is 11.8 Å². The Bertz CT molecular complexity index is 1470. The van der Waals surface area contributed by atoms with Crippen molar-refractivity contribution in [1.29, 1.82) is 0 Å². The van der Waals surface area contributed by atoms with Gasteiger partial charge in [0.05, 0.1) is 23.9 Å². The van der Waals surface area contributed by atoms with Crippen molar-refractivity contribution in [2.24, 2.45) is 23.7 Å². The lowest BCUT2D eigenvalue weighted by Gasteiger charge is -2.22. The van der Waals surface area contributed by atoms with Crippen LogP contribution in [0.5, 0.6) is 5.75 Å². The minimum absolute atomic E-state index is 0.119. The number of imide groups is 1. The number of nitro groups is 1. The first-order valence-electron chi connectivity index (χ1n) is 12.6. The predicted octanol–water partition coefficient (Wildman–Crippen LogP) is 5.64. The first kappa shape index (κ1) is 23.9. The molecule has 6 rings (SSSR count). The van der Waals surface area contributed by atoms with Crippen LogP contribution >= 0.6 is 0 Å². The quantitative estimate of drug-likeness (QED) is 0.193. The van der Waals surface area contributed by atoms with Crippen molar-refractivity contribution < 1.29 is 19.2 Å². The second-order valence-electron chi connectivity index (χ2n) is 10.2. The van der Waals surface area contributed by atoms with E-state index >= 15 is 0 Å². The van der Waals surface area contributed by atoms with Crippen LogP contribution in [0.4, 0.5) is 11.4 Å². The molecular weight excluding hydrogens is 480 g/mol. The summed E-state index contributed by atoms with van der Waals surface area (Å²) in [4.78, 5) is 39.8. The van der Waals surface area contributed by atoms with Gasteiger partial charge in [0.15, 0.2) is 0 Å². The van der Waals surface area contributed by atoms with Crippen molar-refractivity contribution in [2.75, 3.05) is 12.0 Å². The molecule has 0 N–H and O–H groups in total. The Kier molecular flexibility index (Phi) is 5.52. The van der Waals surface area contributed by atoms with E-state index < -0.39 is 16.8 Å². The van der Waals surface area contributed by atoms with Crippen molar-refractivity contribution >= 4 is 28.8 Å². The largest absolute Gasteiger partial charge is 0.495 e. The SMILES string of the molecule is COc1ccc([N+](=O)[O-])cc1N1C(=O)[C@@H]2[C@@H](C1=O)[C@H]1C=C[C@H]2C1=C(c1ccc(C)cc1)c1ccc(C)cc1. The molecule has 38 heavy (non-hydrogen) atoms. The van der Waals surface area contributed by atoms with E-state index in [4.69, 9.17) is 4.74 Å². The first-order valence-corrected chi connectivity index (χ1v) is 12.6. The number of anilines is 1. The summed E-state index contributed by atoms with van der Waals surface area (Å²) in [6.45, 7) is 4.09. The fourth-order valence-electron chi connectivity index (χ4n) is 6.24. The number of nitrogens with zero attached hydrogens (tertiary/aromatic N) is 2. The number of rotatable bonds is 5. The van der Waals surface area contributed by atoms with E-state index in [9.17, 15) is 19.7 Å². The minimum atomic E-state index is -0.567. The van der Waals surface area contributed by atoms with E-state index in [1.54, 1.807) is 0 Å². The fourth-order valence-corrected chi connectivity index (χ4v) is 6.24. The molecule has 1 saturated heterocycles. The highest BCUT2D eigenvalue weighted by Crippen LogP contribution is 2.59. The maximum absolute atomic E-state index is 13.9. The molecule has 4 atom stereocenters. The van der Waals surface area contributed by atoms with Crippen molar-refractivity contribution in [1.82, 2.24) is 0 Å². The Morgan fingerprint density at radius 3 is 1.76 bits per heavy atom. The molecule has 3 aromatic carbocycles. The standard InChI is InChI=1S/C31H26N2O5/c1-17-4-8-19(9-5-17)26(20-10-6-18(2)7-11-20)27-22-13-14-23(27)29-28(22)30(34)32(31(29)35)24-16-21(33(36)37)12-15-25(24)38-3/h4-16,22-23,28-29H,1-3H3/t22-,23-,28-,29-/m0/s1. The van der Waals surface area contributed by atoms with Crippen molar-refractivity contribution in [3.05, 3.63) is 117 Å². The lowest BCUT2D eigenvalue weighted by Crippen LogP contribution is -2.33. The van der Waals surface area contributed by atoms with Crippen LogP contribution in [0.15, 0.2) is 84.5 Å². The number of methoxy groups -OCH3 is 1. The van der Waals surface area contributed by atoms with Crippen molar-refractivity contribution in [3.8, 4) is 5.75 Å². The predicted molar refractivity (Wildman–Crippen MR) is 144 cm³/mol. The van der Waals surface area contributed by atoms with Gasteiger partial charge < -0.3 is 4.74 Å². The fraction of sp³-hybridized carbons (Fsp3) is 0.226. The normalized spacial score (nSPS) is 23.2. The summed E-state index contributed by atoms with van der Waals surface area (Å²) in [6.07, 6.45) is 4.09. The zero-order chi connectivity index (χ0) is 26.7. The monoisotopic (exact) mass is 506 g/mol. The maximum Gasteiger partial charge on any atom is 0.271 e. The van der Waals surface area contributed by atoms with Gasteiger partial charge in [-0.05, 0) is 42.2 Å². The highest BCUT2D eigenvalue weighted by molar-refractivity contribution is 6.24. The molecule has 2 aliphatic carbocycles. The van der Waals surface area contributed by atoms with Crippen LogP contribution in [-0.2, 0) is 9.59 Å². The molecule has 0 aromatic heterocycles. The van der Waals surface area contributed by atoms with E-state index in [1.165, 1.54) is 25.3 Å². The van der Waals surface area contributed by atoms with E-state index in [0.29, 0.717) is 0 Å². The van der Waals surface area contributed by atoms with Gasteiger partial charge in [0.25, 0.3) is 5.69 Å². The summed E-state index contributed by atoms with van der Waals surface area (Å²) in [5.74, 6) is -2.07. The molecule has 2 amide bonds. The number of ether oxygens (including phenoxy) is 1. The summed E-state index contributed by atoms with van der Waals surface area (Å²) in [5.41, 5.74) is 6.45. The lowest BCUT2D eigenvalue weighted by atomic mass is 9.85. The number of non-ortho nitro benzene ring substituents is 1. The number of nitro benzene ring substituents is 1. The Morgan fingerprint density at radius 1 is 0.816 bits per heavy atom. The van der Waals surface area contributed by atoms with E-state index in [-0.39, 0.29) is 40.8 Å². The number of carbonyl (C=O) groups is 2. The zero-order valence-corrected chi connectivity index (χ0v) is 21.3. The molecule has 3 aliphatic rings. The van der Waals surface area contributed by atoms with Crippen LogP contribution in [0, 0.1) is 47.6 Å². The molecule has 7 heteroatoms. The molecule has 0 unspecified atom stereocenters. The highest BCUT2D eigenvalue weighted by atomic mass is 16.6. The molecule has 1 aliphatic heterocycles. The second-order valence-corrected chi connectivity index (χ2v) is 10.2. The molecule has 0 spiro atoms. The second kappa shape index (κ2) is 8.80. The summed E-state index contributed by atoms with van der Waals surface area (Å²) in [7, 11) is 1.41. The minimum Gasteiger partial charge on any atom is -0.495 e. The van der Waals surface area contributed by atoms with Crippen LogP contribution in [0.2, 0.25) is 0 Å². The lowest BCUT2D eigenvalue weighted by molar-refractivity contribution is -0.384. The van der Waals surface area contributed by atoms with Crippen LogP contribution in [-0.4, -0.2) is 23.8 Å². The van der Waals surface area contributed by atoms with E-state index in [2.05, 4.69) is 48.5 Å². The molecule has 1 heterocycles. The van der Waals surface area contributed by atoms with Crippen molar-refractivity contribution in [3.63, 3.8) is 0 Å². The van der Waals surface area contributed by atoms with Crippen LogP contribution in [0.25, 0.3) is 5.57 Å². The van der Waals surface area contributed by atoms with Crippen LogP contribution in [0.3, 0.4) is 0 Å². The summed E-state index contributed by atoms with van der Waals surface area (Å²) < 4.78 is 5.38. The van der Waals surface area contributed by atoms with Gasteiger partial charge in [-0.25, -0.2) is 4.90 Å². The summed E-state index contributed by atoms with van der Waals surface area (Å²) in [5, 5.41) is 11.4. The maximum atomic E-state index is 13.9. The average Bonchev–Trinajstić information content (AvgIpc) is 3.55. The number of allylic oxidation sites excluding steroid dienone is 3. The van der Waals surface area contributed by atoms with Gasteiger partial charge in [-0.3, -0.25) is 19.7 Å². The summed E-state index contributed by atoms with van der Waals surface area (Å²) >= 11 is 0. The first-order chi connectivity index (χ1) is 18.3. The Hall–Kier alpha value is -4.52. The average molecular weight is 507 g/mol. The molecular formula is C31H26N2O5. The van der Waals surface area contributed by atoms with Crippen LogP contribution < -0.4 is 9.64 Å². The third-order valence-corrected chi connectivity index (χ3v) is 8.00. The Labute approximate surface area is 220 Å².